The van der Waals surface area contributed by atoms with Crippen LogP contribution < -0.4 is 17.0 Å². The molecular formula is C16H38BrNO2. The minimum Gasteiger partial charge on any atom is -1.00 e. The second kappa shape index (κ2) is 19.4. The van der Waals surface area contributed by atoms with Crippen LogP contribution in [0.3, 0.4) is 0 Å². The van der Waals surface area contributed by atoms with Gasteiger partial charge in [0.25, 0.3) is 0 Å². The van der Waals surface area contributed by atoms with Gasteiger partial charge in [0, 0.05) is 13.2 Å². The van der Waals surface area contributed by atoms with Crippen LogP contribution in [0.5, 0.6) is 0 Å². The maximum Gasteiger partial charge on any atom is 0.0783 e. The molecular weight excluding hydrogens is 318 g/mol. The topological polar surface area (TPSA) is 40.5 Å². The molecule has 0 saturated carbocycles. The van der Waals surface area contributed by atoms with Crippen LogP contribution in [0.25, 0.3) is 0 Å². The lowest BCUT2D eigenvalue weighted by Gasteiger charge is -2.38. The van der Waals surface area contributed by atoms with Crippen molar-refractivity contribution < 1.29 is 31.7 Å². The van der Waals surface area contributed by atoms with Crippen LogP contribution in [0.4, 0.5) is 0 Å². The number of unbranched alkanes of at least 4 members (excludes halogenated alkanes) is 1. The van der Waals surface area contributed by atoms with Gasteiger partial charge in [0.05, 0.1) is 26.2 Å². The Morgan fingerprint density at radius 1 is 0.600 bits per heavy atom. The summed E-state index contributed by atoms with van der Waals surface area (Å²) in [6.45, 7) is 15.2. The molecule has 0 spiro atoms. The second-order valence-electron chi connectivity index (χ2n) is 5.39. The van der Waals surface area contributed by atoms with Gasteiger partial charge >= 0.3 is 0 Å². The third-order valence-electron chi connectivity index (χ3n) is 3.36. The number of nitrogens with zero attached hydrogens (tertiary/aromatic N) is 1. The molecule has 0 aromatic rings. The van der Waals surface area contributed by atoms with Crippen LogP contribution >= 0.6 is 0 Å². The Bertz CT molecular complexity index is 135. The van der Waals surface area contributed by atoms with Crippen molar-refractivity contribution in [2.24, 2.45) is 0 Å². The summed E-state index contributed by atoms with van der Waals surface area (Å²) in [5.41, 5.74) is 0. The highest BCUT2D eigenvalue weighted by Gasteiger charge is 2.22. The molecule has 0 bridgehead atoms. The number of aliphatic hydroxyl groups excluding tert-OH is 2. The molecule has 0 amide bonds. The summed E-state index contributed by atoms with van der Waals surface area (Å²) < 4.78 is 1.38. The van der Waals surface area contributed by atoms with Crippen LogP contribution in [-0.4, -0.2) is 54.1 Å². The van der Waals surface area contributed by atoms with Gasteiger partial charge in [-0.1, -0.05) is 27.7 Å². The second-order valence-corrected chi connectivity index (χ2v) is 5.39. The van der Waals surface area contributed by atoms with E-state index in [1.807, 2.05) is 0 Å². The lowest BCUT2D eigenvalue weighted by Crippen LogP contribution is -3.00. The molecule has 4 heteroatoms. The van der Waals surface area contributed by atoms with Gasteiger partial charge in [0.2, 0.25) is 0 Å². The monoisotopic (exact) mass is 355 g/mol. The highest BCUT2D eigenvalue weighted by molar-refractivity contribution is 4.43. The van der Waals surface area contributed by atoms with Crippen molar-refractivity contribution >= 4 is 0 Å². The first-order valence-electron chi connectivity index (χ1n) is 8.23. The van der Waals surface area contributed by atoms with E-state index in [0.717, 1.165) is 12.8 Å². The molecule has 0 aliphatic heterocycles. The van der Waals surface area contributed by atoms with Gasteiger partial charge in [0.1, 0.15) is 0 Å². The van der Waals surface area contributed by atoms with E-state index >= 15 is 0 Å². The van der Waals surface area contributed by atoms with Gasteiger partial charge in [-0.3, -0.25) is 0 Å². The predicted octanol–water partition coefficient (Wildman–Crippen LogP) is 0.198. The molecule has 0 rings (SSSR count). The maximum atomic E-state index is 8.09. The van der Waals surface area contributed by atoms with E-state index in [0.29, 0.717) is 0 Å². The Hall–Kier alpha value is 0.360. The third kappa shape index (κ3) is 14.8. The Labute approximate surface area is 137 Å². The van der Waals surface area contributed by atoms with Crippen molar-refractivity contribution in [1.82, 2.24) is 0 Å². The summed E-state index contributed by atoms with van der Waals surface area (Å²) in [7, 11) is 0. The molecule has 0 aromatic heterocycles. The fourth-order valence-corrected chi connectivity index (χ4v) is 2.79. The first kappa shape index (κ1) is 25.3. The Balaban J connectivity index is -0.000000352. The van der Waals surface area contributed by atoms with Gasteiger partial charge in [-0.2, -0.15) is 0 Å². The van der Waals surface area contributed by atoms with Gasteiger partial charge in [0.15, 0.2) is 0 Å². The number of halogens is 1. The summed E-state index contributed by atoms with van der Waals surface area (Å²) >= 11 is 0. The van der Waals surface area contributed by atoms with Crippen LogP contribution in [0, 0.1) is 0 Å². The SMILES string of the molecule is CCC[N+](CCC)(CCC)CCC.OCCCCO.[Br-]. The summed E-state index contributed by atoms with van der Waals surface area (Å²) in [6, 6.07) is 0. The average Bonchev–Trinajstić information content (AvgIpc) is 2.38. The van der Waals surface area contributed by atoms with E-state index in [2.05, 4.69) is 27.7 Å². The molecule has 0 unspecified atom stereocenters. The van der Waals surface area contributed by atoms with E-state index in [-0.39, 0.29) is 30.2 Å². The zero-order chi connectivity index (χ0) is 15.0. The van der Waals surface area contributed by atoms with E-state index < -0.39 is 0 Å². The zero-order valence-corrected chi connectivity index (χ0v) is 15.8. The lowest BCUT2D eigenvalue weighted by molar-refractivity contribution is -0.928. The van der Waals surface area contributed by atoms with Crippen molar-refractivity contribution in [2.45, 2.75) is 66.2 Å². The predicted molar refractivity (Wildman–Crippen MR) is 84.3 cm³/mol. The van der Waals surface area contributed by atoms with E-state index in [9.17, 15) is 0 Å². The van der Waals surface area contributed by atoms with Crippen LogP contribution in [-0.2, 0) is 0 Å². The Morgan fingerprint density at radius 3 is 1.00 bits per heavy atom. The van der Waals surface area contributed by atoms with Crippen LogP contribution in [0.15, 0.2) is 0 Å². The molecule has 0 aliphatic carbocycles. The number of hydrogen-bond acceptors (Lipinski definition) is 2. The Kier molecular flexibility index (Phi) is 24.5. The Morgan fingerprint density at radius 2 is 0.850 bits per heavy atom. The minimum absolute atomic E-state index is 0. The number of hydrogen-bond donors (Lipinski definition) is 2. The number of quaternary nitrogens is 1. The van der Waals surface area contributed by atoms with Crippen LogP contribution in [0.1, 0.15) is 66.2 Å². The molecule has 0 aromatic carbocycles. The maximum absolute atomic E-state index is 8.09. The van der Waals surface area contributed by atoms with E-state index in [1.165, 1.54) is 56.3 Å². The number of aliphatic hydroxyl groups is 2. The van der Waals surface area contributed by atoms with E-state index in [1.54, 1.807) is 0 Å². The molecule has 3 nitrogen and oxygen atoms in total. The molecule has 0 aliphatic rings. The van der Waals surface area contributed by atoms with Crippen molar-refractivity contribution in [3.8, 4) is 0 Å². The third-order valence-corrected chi connectivity index (χ3v) is 3.36. The molecule has 2 N–H and O–H groups in total. The summed E-state index contributed by atoms with van der Waals surface area (Å²) in [5.74, 6) is 0. The first-order valence-corrected chi connectivity index (χ1v) is 8.23. The van der Waals surface area contributed by atoms with Crippen molar-refractivity contribution in [3.63, 3.8) is 0 Å². The highest BCUT2D eigenvalue weighted by Crippen LogP contribution is 2.12. The minimum atomic E-state index is 0. The van der Waals surface area contributed by atoms with Gasteiger partial charge in [-0.15, -0.1) is 0 Å². The molecule has 0 fully saturated rings. The molecule has 0 saturated heterocycles. The quantitative estimate of drug-likeness (QED) is 0.410. The molecule has 0 heterocycles. The van der Waals surface area contributed by atoms with Crippen molar-refractivity contribution in [1.29, 1.82) is 0 Å². The van der Waals surface area contributed by atoms with Gasteiger partial charge < -0.3 is 31.7 Å². The normalized spacial score (nSPS) is 10.5. The molecule has 0 radical (unpaired) electrons. The van der Waals surface area contributed by atoms with Crippen molar-refractivity contribution in [2.75, 3.05) is 39.4 Å². The molecule has 0 atom stereocenters. The summed E-state index contributed by atoms with van der Waals surface area (Å²) in [4.78, 5) is 0. The standard InChI is InChI=1S/C12H28N.C4H10O2.BrH/c1-5-9-13(10-6-2,11-7-3)12-8-4;5-3-1-2-4-6;/h5-12H2,1-4H3;5-6H,1-4H2;1H/q+1;;/p-1. The highest BCUT2D eigenvalue weighted by atomic mass is 79.9. The smallest absolute Gasteiger partial charge is 0.0783 e. The molecule has 126 valence electrons. The largest absolute Gasteiger partial charge is 1.00 e. The summed E-state index contributed by atoms with van der Waals surface area (Å²) in [5, 5.41) is 16.2. The average molecular weight is 356 g/mol. The molecule has 20 heavy (non-hydrogen) atoms. The van der Waals surface area contributed by atoms with Crippen molar-refractivity contribution in [3.05, 3.63) is 0 Å². The van der Waals surface area contributed by atoms with Gasteiger partial charge in [-0.05, 0) is 38.5 Å². The fourth-order valence-electron chi connectivity index (χ4n) is 2.79. The lowest BCUT2D eigenvalue weighted by atomic mass is 10.2. The first-order chi connectivity index (χ1) is 9.16. The van der Waals surface area contributed by atoms with Crippen LogP contribution in [0.2, 0.25) is 0 Å². The number of rotatable bonds is 11. The zero-order valence-electron chi connectivity index (χ0n) is 14.2. The van der Waals surface area contributed by atoms with Gasteiger partial charge in [-0.25, -0.2) is 0 Å². The fraction of sp³-hybridized carbons (Fsp3) is 1.00. The van der Waals surface area contributed by atoms with E-state index in [4.69, 9.17) is 10.2 Å². The summed E-state index contributed by atoms with van der Waals surface area (Å²) in [6.07, 6.45) is 6.77.